The number of nitrogens with one attached hydrogen (secondary N) is 3. The van der Waals surface area contributed by atoms with Crippen molar-refractivity contribution in [2.75, 3.05) is 50.2 Å². The first-order valence-corrected chi connectivity index (χ1v) is 46.8. The predicted molar refractivity (Wildman–Crippen MR) is 517 cm³/mol. The highest BCUT2D eigenvalue weighted by atomic mass is 127. The Bertz CT molecular complexity index is 6210. The van der Waals surface area contributed by atoms with Crippen LogP contribution in [0.15, 0.2) is 268 Å². The monoisotopic (exact) mass is 2140 g/mol. The fourth-order valence-corrected chi connectivity index (χ4v) is 15.4. The molecular weight excluding hydrogens is 2050 g/mol. The summed E-state index contributed by atoms with van der Waals surface area (Å²) >= 11 is 15.8. The molecule has 0 spiro atoms. The number of alkyl halides is 3. The molecule has 0 unspecified atom stereocenters. The van der Waals surface area contributed by atoms with Crippen LogP contribution < -0.4 is 21.1 Å². The smallest absolute Gasteiger partial charge is 0.461 e. The molecule has 0 bridgehead atoms. The van der Waals surface area contributed by atoms with Crippen LogP contribution in [-0.2, 0) is 33.6 Å². The Morgan fingerprint density at radius 3 is 1.24 bits per heavy atom. The topological polar surface area (TPSA) is 474 Å². The van der Waals surface area contributed by atoms with E-state index in [1.165, 1.54) is 47.5 Å². The molecule has 1 amide bonds. The van der Waals surface area contributed by atoms with Crippen LogP contribution in [0.1, 0.15) is 125 Å². The van der Waals surface area contributed by atoms with E-state index in [4.69, 9.17) is 42.9 Å². The molecule has 3 saturated carbocycles. The second kappa shape index (κ2) is 53.0. The van der Waals surface area contributed by atoms with Crippen LogP contribution in [0.4, 0.5) is 24.8 Å². The van der Waals surface area contributed by atoms with E-state index in [-0.39, 0.29) is 95.0 Å². The van der Waals surface area contributed by atoms with Gasteiger partial charge in [-0.25, -0.2) is 73.3 Å². The van der Waals surface area contributed by atoms with E-state index in [1.54, 1.807) is 93.9 Å². The number of aliphatic hydroxyl groups excluding tert-OH is 3. The molecular formula is C93H96Cl2F3I2N21O14S. The molecule has 3 fully saturated rings. The quantitative estimate of drug-likeness (QED) is 0.0128. The maximum Gasteiger partial charge on any atom is 0.471 e. The molecule has 17 rings (SSSR count). The maximum atomic E-state index is 13.1. The highest BCUT2D eigenvalue weighted by Crippen LogP contribution is 2.36. The third-order valence-corrected chi connectivity index (χ3v) is 23.8. The van der Waals surface area contributed by atoms with Gasteiger partial charge < -0.3 is 40.7 Å². The van der Waals surface area contributed by atoms with Crippen molar-refractivity contribution in [2.24, 2.45) is 39.7 Å². The van der Waals surface area contributed by atoms with Gasteiger partial charge in [0.15, 0.2) is 5.69 Å². The van der Waals surface area contributed by atoms with E-state index in [9.17, 15) is 60.6 Å². The van der Waals surface area contributed by atoms with E-state index in [0.717, 1.165) is 39.2 Å². The summed E-state index contributed by atoms with van der Waals surface area (Å²) in [6.07, 6.45) is 19.7. The molecule has 9 heterocycles. The van der Waals surface area contributed by atoms with Gasteiger partial charge in [-0.2, -0.15) is 42.0 Å². The Kier molecular flexibility index (Phi) is 41.0. The lowest BCUT2D eigenvalue weighted by Crippen LogP contribution is -2.42. The standard InChI is InChI=1S/C21H23N5O2.C20H22N6O5S.C14H9ClN4O.C12H12N2O2.C9H14F3NO2.C7H9NO2.C6H5I.C4H2ClIN2/c1-14-9-16(10-15(14)12-27)24-21-18(11-22-13-23-21)20(28)19-7-8-26(25-19)17-5-3-2-4-6-17;21-32(29,30)31-11-13-8-14(9-18(13)27)24-20-16(10-22-12-23-20)19(28)17-6-7-26(25-17)15-4-2-1-3-5-15;15-14-11(8-16-9-17-14)13(20)12-6-7-19(18-12)10-4-2-1-3-5-10;1-2-16-12(15)11-8-9-14(13-11)10-6-4-3-5-7-10;1-5-2-7(3-6(5)4-14)13-8(15)9(10,11)12;1-2-10-7(9)6-4-3-5-8-6;7-6-4-2-1-3-5-6;5-4-3(6)1-7-2-8-4/h2-8,11,13-16,27H,9-10,12H2,1H3,(H,22,23,24);1-7,10,12-14,18,27H,8-9,11H2,(H2,21,29,30)(H,22,23,24);1-9H;3-9H,2H2,1H3;5-7,14H,2-4H2,1H3,(H,13,15);3-4H,2,5H2,1H3;1-5H;1-2H/t14-,15+,16-;13-,14-,18+;;;5-,6+,7-;;;/m01..0.../s1. The van der Waals surface area contributed by atoms with E-state index in [0.29, 0.717) is 96.5 Å². The lowest BCUT2D eigenvalue weighted by Gasteiger charge is -2.15. The molecule has 712 valence electrons. The van der Waals surface area contributed by atoms with Crippen molar-refractivity contribution in [3.8, 4) is 22.7 Å². The van der Waals surface area contributed by atoms with Crippen LogP contribution in [0.25, 0.3) is 22.7 Å². The largest absolute Gasteiger partial charge is 0.471 e. The zero-order valence-electron chi connectivity index (χ0n) is 73.6. The van der Waals surface area contributed by atoms with Crippen molar-refractivity contribution in [1.82, 2.24) is 84.3 Å². The molecule has 8 aromatic heterocycles. The number of para-hydroxylation sites is 4. The first-order chi connectivity index (χ1) is 65.4. The minimum absolute atomic E-state index is 0.0106. The third-order valence-electron chi connectivity index (χ3n) is 20.9. The van der Waals surface area contributed by atoms with Crippen LogP contribution in [0.5, 0.6) is 0 Å². The number of nitrogens with two attached hydrogens (primary N) is 1. The van der Waals surface area contributed by atoms with Crippen molar-refractivity contribution >= 4 is 131 Å². The summed E-state index contributed by atoms with van der Waals surface area (Å²) in [6, 6.07) is 54.4. The number of amides is 1. The van der Waals surface area contributed by atoms with Crippen molar-refractivity contribution in [3.05, 3.63) is 320 Å². The Labute approximate surface area is 818 Å². The average molecular weight is 2150 g/mol. The number of ketones is 3. The number of halogens is 7. The molecule has 35 nitrogen and oxygen atoms in total. The van der Waals surface area contributed by atoms with E-state index < -0.39 is 46.4 Å². The van der Waals surface area contributed by atoms with Gasteiger partial charge in [-0.15, -0.1) is 0 Å². The molecule has 5 aromatic carbocycles. The first-order valence-electron chi connectivity index (χ1n) is 42.4. The van der Waals surface area contributed by atoms with Gasteiger partial charge in [0.05, 0.1) is 75.5 Å². The normalized spacial score (nSPS) is 17.7. The fraction of sp³-hybridized carbons (Fsp3) is 0.280. The Balaban J connectivity index is 0.000000168. The van der Waals surface area contributed by atoms with Crippen LogP contribution in [0.3, 0.4) is 0 Å². The Morgan fingerprint density at radius 1 is 0.493 bits per heavy atom. The maximum absolute atomic E-state index is 13.1. The van der Waals surface area contributed by atoms with Gasteiger partial charge >= 0.3 is 34.3 Å². The summed E-state index contributed by atoms with van der Waals surface area (Å²) in [4.78, 5) is 107. The molecule has 8 N–H and O–H groups in total. The number of aliphatic imine (C=N–C) groups is 1. The van der Waals surface area contributed by atoms with E-state index >= 15 is 0 Å². The van der Waals surface area contributed by atoms with E-state index in [1.807, 2.05) is 158 Å². The fourth-order valence-electron chi connectivity index (χ4n) is 14.0. The molecule has 0 radical (unpaired) electrons. The summed E-state index contributed by atoms with van der Waals surface area (Å²) in [5.41, 5.74) is 6.02. The number of carbonyl (C=O) groups excluding carboxylic acids is 6. The lowest BCUT2D eigenvalue weighted by atomic mass is 10.00. The first kappa shape index (κ1) is 105. The second-order valence-electron chi connectivity index (χ2n) is 30.4. The minimum Gasteiger partial charge on any atom is -0.461 e. The Morgan fingerprint density at radius 2 is 0.868 bits per heavy atom. The molecule has 3 aliphatic carbocycles. The molecule has 0 saturated heterocycles. The molecule has 1 aliphatic heterocycles. The molecule has 13 aromatic rings. The molecule has 4 aliphatic rings. The number of hydrogen-bond acceptors (Lipinski definition) is 29. The van der Waals surface area contributed by atoms with Gasteiger partial charge in [-0.1, -0.05) is 134 Å². The van der Waals surface area contributed by atoms with Gasteiger partial charge in [-0.05, 0) is 212 Å². The van der Waals surface area contributed by atoms with Crippen LogP contribution in [0, 0.1) is 36.7 Å². The van der Waals surface area contributed by atoms with Crippen LogP contribution in [-0.4, -0.2) is 214 Å². The van der Waals surface area contributed by atoms with Gasteiger partial charge in [0, 0.05) is 90.4 Å². The number of aromatic nitrogens is 16. The number of ether oxygens (including phenoxy) is 2. The van der Waals surface area contributed by atoms with Crippen LogP contribution in [0.2, 0.25) is 10.3 Å². The summed E-state index contributed by atoms with van der Waals surface area (Å²) in [6.45, 7) is 8.85. The number of aliphatic hydroxyl groups is 3. The summed E-state index contributed by atoms with van der Waals surface area (Å²) in [5.74, 6) is -2.22. The number of rotatable bonds is 24. The number of benzene rings is 5. The zero-order valence-corrected chi connectivity index (χ0v) is 80.2. The number of hydrogen-bond donors (Lipinski definition) is 7. The van der Waals surface area contributed by atoms with Crippen LogP contribution >= 0.6 is 68.4 Å². The van der Waals surface area contributed by atoms with Crippen molar-refractivity contribution < 1.29 is 79.3 Å². The highest BCUT2D eigenvalue weighted by Gasteiger charge is 2.42. The summed E-state index contributed by atoms with van der Waals surface area (Å²) in [7, 11) is -4.08. The van der Waals surface area contributed by atoms with Gasteiger partial charge in [-0.3, -0.25) is 28.4 Å². The third kappa shape index (κ3) is 32.5. The number of nitrogens with zero attached hydrogens (tertiary/aromatic N) is 17. The highest BCUT2D eigenvalue weighted by molar-refractivity contribution is 14.1. The summed E-state index contributed by atoms with van der Waals surface area (Å²) in [5, 5.41) is 59.8. The van der Waals surface area contributed by atoms with E-state index in [2.05, 4.69) is 144 Å². The lowest BCUT2D eigenvalue weighted by molar-refractivity contribution is -0.174. The van der Waals surface area contributed by atoms with Gasteiger partial charge in [0.25, 0.3) is 0 Å². The number of esters is 2. The Hall–Kier alpha value is -12.7. The number of anilines is 2. The molecule has 9 atom stereocenters. The van der Waals surface area contributed by atoms with Crippen molar-refractivity contribution in [2.45, 2.75) is 96.6 Å². The zero-order chi connectivity index (χ0) is 97.7. The number of carbonyl (C=O) groups is 6. The predicted octanol–water partition coefficient (Wildman–Crippen LogP) is 13.6. The molecule has 43 heteroatoms. The molecule has 136 heavy (non-hydrogen) atoms. The minimum atomic E-state index is -4.82. The SMILES string of the molecule is CCOC(=O)C1=NCC=C1.CCOC(=O)c1ccn(-c2ccccc2)n1.C[C@H]1C[C@H](NC(=O)C(F)(F)F)C[C@@H]1CO.C[C@H]1C[C@H](Nc2ncncc2C(=O)c2ccn(-c3ccccc3)n2)C[C@@H]1CO.Clc1ncncc1I.Ic1ccccc1.NS(=O)(=O)OC[C@H]1C[C@@H](Nc2ncncc2C(=O)c2ccn(-c3ccccc3)n2)C[C@@H]1O.O=C(c1ccn(-c2ccccc2)n1)c1cncnc1Cl. The van der Waals surface area contributed by atoms with Gasteiger partial charge in [0.2, 0.25) is 17.3 Å². The van der Waals surface area contributed by atoms with Crippen molar-refractivity contribution in [1.29, 1.82) is 0 Å². The average Bonchev–Trinajstić information content (AvgIpc) is 1.65. The second-order valence-corrected chi connectivity index (χ2v) is 34.8. The summed E-state index contributed by atoms with van der Waals surface area (Å²) < 4.78 is 80.7. The van der Waals surface area contributed by atoms with Gasteiger partial charge in [0.1, 0.15) is 70.0 Å². The van der Waals surface area contributed by atoms with Crippen molar-refractivity contribution in [3.63, 3.8) is 0 Å².